The summed E-state index contributed by atoms with van der Waals surface area (Å²) < 4.78 is 5.89. The van der Waals surface area contributed by atoms with Gasteiger partial charge >= 0.3 is 0 Å². The highest BCUT2D eigenvalue weighted by atomic mass is 127. The van der Waals surface area contributed by atoms with Crippen molar-refractivity contribution in [2.24, 2.45) is 0 Å². The predicted octanol–water partition coefficient (Wildman–Crippen LogP) is 2.03. The number of hydrogen-bond acceptors (Lipinski definition) is 2. The molecule has 0 atom stereocenters. The highest BCUT2D eigenvalue weighted by molar-refractivity contribution is 14.1. The summed E-state index contributed by atoms with van der Waals surface area (Å²) in [5.41, 5.74) is 1.22. The summed E-state index contributed by atoms with van der Waals surface area (Å²) in [6.07, 6.45) is 1.82. The van der Waals surface area contributed by atoms with Gasteiger partial charge in [0, 0.05) is 16.7 Å². The zero-order chi connectivity index (χ0) is 7.40. The minimum atomic E-state index is 0.675. The van der Waals surface area contributed by atoms with Gasteiger partial charge in [0.25, 0.3) is 0 Å². The van der Waals surface area contributed by atoms with Crippen LogP contribution in [0.3, 0.4) is 0 Å². The number of halogens is 1. The van der Waals surface area contributed by atoms with Crippen molar-refractivity contribution in [2.75, 3.05) is 7.11 Å². The maximum atomic E-state index is 4.90. The second-order valence-corrected chi connectivity index (χ2v) is 2.61. The summed E-state index contributed by atoms with van der Waals surface area (Å²) in [4.78, 5) is 4.04. The second-order valence-electron chi connectivity index (χ2n) is 1.84. The molecule has 0 spiro atoms. The van der Waals surface area contributed by atoms with Crippen LogP contribution in [0.4, 0.5) is 0 Å². The first-order valence-electron chi connectivity index (χ1n) is 2.91. The predicted molar refractivity (Wildman–Crippen MR) is 48.5 cm³/mol. The molecule has 0 aromatic carbocycles. The molecule has 0 amide bonds. The van der Waals surface area contributed by atoms with Crippen molar-refractivity contribution >= 4 is 22.6 Å². The molecule has 0 radical (unpaired) electrons. The smallest absolute Gasteiger partial charge is 0.212 e. The Balaban J connectivity index is 2.80. The van der Waals surface area contributed by atoms with Gasteiger partial charge in [-0.1, -0.05) is 28.7 Å². The Bertz CT molecular complexity index is 174. The standard InChI is InChI=1S/C7H8INO/c1-10-7-3-2-6(4-8)5-9-7/h2-3,5H,4H2,1H3. The molecule has 54 valence electrons. The van der Waals surface area contributed by atoms with Crippen LogP contribution in [-0.4, -0.2) is 12.1 Å². The molecule has 0 saturated heterocycles. The normalized spacial score (nSPS) is 9.40. The van der Waals surface area contributed by atoms with Crippen LogP contribution in [0.1, 0.15) is 5.56 Å². The molecule has 0 fully saturated rings. The topological polar surface area (TPSA) is 22.1 Å². The lowest BCUT2D eigenvalue weighted by molar-refractivity contribution is 0.397. The third kappa shape index (κ3) is 1.83. The average molecular weight is 249 g/mol. The van der Waals surface area contributed by atoms with Gasteiger partial charge in [0.05, 0.1) is 7.11 Å². The van der Waals surface area contributed by atoms with Crippen LogP contribution in [0.2, 0.25) is 0 Å². The van der Waals surface area contributed by atoms with Crippen LogP contribution in [0.25, 0.3) is 0 Å². The number of alkyl halides is 1. The quantitative estimate of drug-likeness (QED) is 0.591. The summed E-state index contributed by atoms with van der Waals surface area (Å²) in [6.45, 7) is 0. The van der Waals surface area contributed by atoms with Gasteiger partial charge in [-0.15, -0.1) is 0 Å². The molecule has 0 aliphatic carbocycles. The van der Waals surface area contributed by atoms with Crippen molar-refractivity contribution in [1.82, 2.24) is 4.98 Å². The first kappa shape index (κ1) is 7.78. The van der Waals surface area contributed by atoms with Gasteiger partial charge in [0.2, 0.25) is 5.88 Å². The highest BCUT2D eigenvalue weighted by Gasteiger charge is 1.91. The van der Waals surface area contributed by atoms with Crippen LogP contribution in [-0.2, 0) is 4.43 Å². The van der Waals surface area contributed by atoms with Crippen molar-refractivity contribution in [3.63, 3.8) is 0 Å². The molecule has 1 rings (SSSR count). The summed E-state index contributed by atoms with van der Waals surface area (Å²) in [5, 5.41) is 0. The van der Waals surface area contributed by atoms with E-state index in [0.717, 1.165) is 4.43 Å². The Labute approximate surface area is 73.8 Å². The lowest BCUT2D eigenvalue weighted by Gasteiger charge is -1.97. The van der Waals surface area contributed by atoms with Crippen LogP contribution < -0.4 is 4.74 Å². The molecule has 0 bridgehead atoms. The van der Waals surface area contributed by atoms with Gasteiger partial charge in [-0.2, -0.15) is 0 Å². The molecule has 0 saturated carbocycles. The minimum absolute atomic E-state index is 0.675. The Kier molecular flexibility index (Phi) is 2.92. The molecule has 0 aliphatic rings. The summed E-state index contributed by atoms with van der Waals surface area (Å²) >= 11 is 2.30. The lowest BCUT2D eigenvalue weighted by atomic mass is 10.3. The summed E-state index contributed by atoms with van der Waals surface area (Å²) in [5.74, 6) is 0.675. The van der Waals surface area contributed by atoms with Crippen molar-refractivity contribution in [2.45, 2.75) is 4.43 Å². The molecule has 1 heterocycles. The second kappa shape index (κ2) is 3.75. The van der Waals surface area contributed by atoms with Crippen LogP contribution in [0, 0.1) is 0 Å². The number of rotatable bonds is 2. The first-order chi connectivity index (χ1) is 4.86. The van der Waals surface area contributed by atoms with E-state index in [1.807, 2.05) is 18.3 Å². The molecule has 3 heteroatoms. The molecule has 0 unspecified atom stereocenters. The van der Waals surface area contributed by atoms with Gasteiger partial charge in [0.15, 0.2) is 0 Å². The maximum Gasteiger partial charge on any atom is 0.212 e. The molecule has 0 aliphatic heterocycles. The Morgan fingerprint density at radius 2 is 2.40 bits per heavy atom. The molecule has 10 heavy (non-hydrogen) atoms. The number of hydrogen-bond donors (Lipinski definition) is 0. The fourth-order valence-corrected chi connectivity index (χ4v) is 1.06. The monoisotopic (exact) mass is 249 g/mol. The zero-order valence-corrected chi connectivity index (χ0v) is 7.83. The van der Waals surface area contributed by atoms with Crippen molar-refractivity contribution in [3.8, 4) is 5.88 Å². The number of nitrogens with zero attached hydrogens (tertiary/aromatic N) is 1. The molecule has 1 aromatic heterocycles. The maximum absolute atomic E-state index is 4.90. The molecule has 1 aromatic rings. The Morgan fingerprint density at radius 1 is 1.60 bits per heavy atom. The molecular formula is C7H8INO. The molecule has 0 N–H and O–H groups in total. The zero-order valence-electron chi connectivity index (χ0n) is 5.67. The highest BCUT2D eigenvalue weighted by Crippen LogP contribution is 2.08. The number of pyridine rings is 1. The Morgan fingerprint density at radius 3 is 2.80 bits per heavy atom. The van der Waals surface area contributed by atoms with Gasteiger partial charge in [-0.25, -0.2) is 4.98 Å². The minimum Gasteiger partial charge on any atom is -0.481 e. The lowest BCUT2D eigenvalue weighted by Crippen LogP contribution is -1.87. The van der Waals surface area contributed by atoms with Crippen LogP contribution >= 0.6 is 22.6 Å². The van der Waals surface area contributed by atoms with Crippen LogP contribution in [0.5, 0.6) is 5.88 Å². The van der Waals surface area contributed by atoms with E-state index in [0.29, 0.717) is 5.88 Å². The van der Waals surface area contributed by atoms with Crippen LogP contribution in [0.15, 0.2) is 18.3 Å². The van der Waals surface area contributed by atoms with E-state index in [9.17, 15) is 0 Å². The Hall–Kier alpha value is -0.320. The fourth-order valence-electron chi connectivity index (χ4n) is 0.611. The van der Waals surface area contributed by atoms with Crippen molar-refractivity contribution < 1.29 is 4.74 Å². The van der Waals surface area contributed by atoms with E-state index in [1.54, 1.807) is 7.11 Å². The van der Waals surface area contributed by atoms with E-state index in [2.05, 4.69) is 27.6 Å². The van der Waals surface area contributed by atoms with Gasteiger partial charge < -0.3 is 4.74 Å². The van der Waals surface area contributed by atoms with Gasteiger partial charge in [0.1, 0.15) is 0 Å². The van der Waals surface area contributed by atoms with Gasteiger partial charge in [-0.3, -0.25) is 0 Å². The SMILES string of the molecule is COc1ccc(CI)cn1. The fraction of sp³-hybridized carbons (Fsp3) is 0.286. The largest absolute Gasteiger partial charge is 0.481 e. The van der Waals surface area contributed by atoms with Gasteiger partial charge in [-0.05, 0) is 5.56 Å². The molecular weight excluding hydrogens is 241 g/mol. The van der Waals surface area contributed by atoms with E-state index in [1.165, 1.54) is 5.56 Å². The summed E-state index contributed by atoms with van der Waals surface area (Å²) in [6, 6.07) is 3.88. The number of methoxy groups -OCH3 is 1. The van der Waals surface area contributed by atoms with E-state index in [-0.39, 0.29) is 0 Å². The van der Waals surface area contributed by atoms with E-state index >= 15 is 0 Å². The molecule has 2 nitrogen and oxygen atoms in total. The van der Waals surface area contributed by atoms with E-state index < -0.39 is 0 Å². The average Bonchev–Trinajstić information content (AvgIpc) is 2.05. The summed E-state index contributed by atoms with van der Waals surface area (Å²) in [7, 11) is 1.62. The first-order valence-corrected chi connectivity index (χ1v) is 4.44. The van der Waals surface area contributed by atoms with Crippen molar-refractivity contribution in [3.05, 3.63) is 23.9 Å². The third-order valence-electron chi connectivity index (χ3n) is 1.16. The third-order valence-corrected chi connectivity index (χ3v) is 2.04. The number of ether oxygens (including phenoxy) is 1. The van der Waals surface area contributed by atoms with Crippen molar-refractivity contribution in [1.29, 1.82) is 0 Å². The number of aromatic nitrogens is 1. The van der Waals surface area contributed by atoms with E-state index in [4.69, 9.17) is 4.74 Å².